The predicted molar refractivity (Wildman–Crippen MR) is 94.4 cm³/mol. The summed E-state index contributed by atoms with van der Waals surface area (Å²) < 4.78 is 3.93. The normalized spacial score (nSPS) is 11.2. The van der Waals surface area contributed by atoms with E-state index in [-0.39, 0.29) is 22.9 Å². The van der Waals surface area contributed by atoms with E-state index in [0.29, 0.717) is 16.2 Å². The van der Waals surface area contributed by atoms with E-state index in [1.54, 1.807) is 30.8 Å². The Kier molecular flexibility index (Phi) is 4.25. The summed E-state index contributed by atoms with van der Waals surface area (Å²) in [5, 5.41) is 9.74. The lowest BCUT2D eigenvalue weighted by molar-refractivity contribution is 0.102. The van der Waals surface area contributed by atoms with Crippen LogP contribution in [0.5, 0.6) is 5.75 Å². The molecule has 3 rings (SSSR count). The van der Waals surface area contributed by atoms with Crippen LogP contribution >= 0.6 is 11.8 Å². The number of aromatic nitrogens is 4. The van der Waals surface area contributed by atoms with E-state index in [2.05, 4.69) is 4.98 Å². The van der Waals surface area contributed by atoms with Gasteiger partial charge in [0.05, 0.1) is 5.75 Å². The third-order valence-electron chi connectivity index (χ3n) is 3.96. The summed E-state index contributed by atoms with van der Waals surface area (Å²) in [5.41, 5.74) is 0.198. The zero-order valence-electron chi connectivity index (χ0n) is 13.9. The van der Waals surface area contributed by atoms with Crippen molar-refractivity contribution in [1.82, 2.24) is 18.7 Å². The lowest BCUT2D eigenvalue weighted by atomic mass is 10.1. The second kappa shape index (κ2) is 6.25. The Labute approximate surface area is 146 Å². The van der Waals surface area contributed by atoms with E-state index in [1.165, 1.54) is 35.5 Å². The number of nitrogens with zero attached hydrogens (tertiary/aromatic N) is 4. The van der Waals surface area contributed by atoms with Crippen molar-refractivity contribution in [2.24, 2.45) is 21.1 Å². The Morgan fingerprint density at radius 2 is 1.72 bits per heavy atom. The summed E-state index contributed by atoms with van der Waals surface area (Å²) in [6.45, 7) is 0. The molecule has 1 N–H and O–H groups in total. The molecule has 9 heteroatoms. The first-order chi connectivity index (χ1) is 11.8. The number of phenolic OH excluding ortho intramolecular Hbond substituents is 1. The second-order valence-corrected chi connectivity index (χ2v) is 6.53. The lowest BCUT2D eigenvalue weighted by Crippen LogP contribution is -2.37. The van der Waals surface area contributed by atoms with Gasteiger partial charge in [-0.15, -0.1) is 0 Å². The van der Waals surface area contributed by atoms with Crippen molar-refractivity contribution in [3.05, 3.63) is 50.7 Å². The Morgan fingerprint density at radius 3 is 2.36 bits per heavy atom. The number of phenols is 1. The van der Waals surface area contributed by atoms with Gasteiger partial charge >= 0.3 is 5.69 Å². The number of Topliss-reactive ketones (excluding diaryl/α,β-unsaturated/α-hetero) is 1. The molecule has 0 fully saturated rings. The number of hydrogen-bond acceptors (Lipinski definition) is 6. The van der Waals surface area contributed by atoms with Gasteiger partial charge in [-0.2, -0.15) is 0 Å². The van der Waals surface area contributed by atoms with E-state index in [0.717, 1.165) is 4.57 Å². The van der Waals surface area contributed by atoms with Gasteiger partial charge < -0.3 is 9.67 Å². The fraction of sp³-hybridized carbons (Fsp3) is 0.250. The van der Waals surface area contributed by atoms with Gasteiger partial charge in [0.1, 0.15) is 5.75 Å². The number of fused-ring (bicyclic) bond motifs is 1. The molecule has 0 amide bonds. The maximum absolute atomic E-state index is 12.3. The quantitative estimate of drug-likeness (QED) is 0.542. The van der Waals surface area contributed by atoms with Crippen molar-refractivity contribution in [1.29, 1.82) is 0 Å². The van der Waals surface area contributed by atoms with Crippen LogP contribution in [0.4, 0.5) is 0 Å². The highest BCUT2D eigenvalue weighted by atomic mass is 32.2. The van der Waals surface area contributed by atoms with E-state index >= 15 is 0 Å². The molecule has 2 heterocycles. The maximum atomic E-state index is 12.3. The van der Waals surface area contributed by atoms with Crippen molar-refractivity contribution in [3.63, 3.8) is 0 Å². The van der Waals surface area contributed by atoms with E-state index in [4.69, 9.17) is 0 Å². The van der Waals surface area contributed by atoms with Gasteiger partial charge in [0, 0.05) is 26.7 Å². The first-order valence-electron chi connectivity index (χ1n) is 7.38. The van der Waals surface area contributed by atoms with Gasteiger partial charge in [0.25, 0.3) is 5.56 Å². The molecule has 0 saturated carbocycles. The number of carbonyl (C=O) groups is 1. The summed E-state index contributed by atoms with van der Waals surface area (Å²) >= 11 is 1.19. The molecule has 0 radical (unpaired) electrons. The molecule has 130 valence electrons. The third-order valence-corrected chi connectivity index (χ3v) is 4.99. The number of hydrogen-bond donors (Lipinski definition) is 1. The number of ketones is 1. The van der Waals surface area contributed by atoms with Crippen LogP contribution in [0.2, 0.25) is 0 Å². The average molecular weight is 360 g/mol. The number of aryl methyl sites for hydroxylation is 2. The molecule has 0 unspecified atom stereocenters. The summed E-state index contributed by atoms with van der Waals surface area (Å²) in [6.07, 6.45) is 0. The zero-order valence-corrected chi connectivity index (χ0v) is 14.7. The van der Waals surface area contributed by atoms with Crippen LogP contribution in [0, 0.1) is 0 Å². The summed E-state index contributed by atoms with van der Waals surface area (Å²) in [5.74, 6) is 0.0890. The Hall–Kier alpha value is -2.81. The van der Waals surface area contributed by atoms with Crippen LogP contribution in [0.1, 0.15) is 10.4 Å². The molecule has 0 saturated heterocycles. The van der Waals surface area contributed by atoms with Crippen LogP contribution in [-0.2, 0) is 21.1 Å². The molecule has 8 nitrogen and oxygen atoms in total. The zero-order chi connectivity index (χ0) is 18.3. The molecular weight excluding hydrogens is 344 g/mol. The standard InChI is InChI=1S/C16H16N4O4S/c1-18-12-13(19(2)16(24)20(3)14(12)23)17-15(18)25-8-11(22)9-4-6-10(21)7-5-9/h4-7,21H,8H2,1-3H3. The second-order valence-electron chi connectivity index (χ2n) is 5.59. The topological polar surface area (TPSA) is 99.1 Å². The molecule has 2 aromatic heterocycles. The molecular formula is C16H16N4O4S. The van der Waals surface area contributed by atoms with E-state index in [1.807, 2.05) is 0 Å². The highest BCUT2D eigenvalue weighted by molar-refractivity contribution is 7.99. The number of benzene rings is 1. The van der Waals surface area contributed by atoms with Crippen LogP contribution in [0.25, 0.3) is 11.2 Å². The monoisotopic (exact) mass is 360 g/mol. The molecule has 0 aliphatic carbocycles. The van der Waals surface area contributed by atoms with Crippen LogP contribution in [0.15, 0.2) is 39.0 Å². The molecule has 25 heavy (non-hydrogen) atoms. The molecule has 1 aromatic carbocycles. The Morgan fingerprint density at radius 1 is 1.08 bits per heavy atom. The fourth-order valence-corrected chi connectivity index (χ4v) is 3.35. The lowest BCUT2D eigenvalue weighted by Gasteiger charge is -2.03. The molecule has 0 bridgehead atoms. The Bertz CT molecular complexity index is 1090. The minimum atomic E-state index is -0.452. The number of aromatic hydroxyl groups is 1. The van der Waals surface area contributed by atoms with Gasteiger partial charge in [-0.3, -0.25) is 18.7 Å². The van der Waals surface area contributed by atoms with Gasteiger partial charge in [-0.25, -0.2) is 9.78 Å². The molecule has 0 spiro atoms. The number of thioether (sulfide) groups is 1. The SMILES string of the molecule is Cn1c(=O)c2c(nc(SCC(=O)c3ccc(O)cc3)n2C)n(C)c1=O. The minimum absolute atomic E-state index is 0.0938. The summed E-state index contributed by atoms with van der Waals surface area (Å²) in [4.78, 5) is 40.9. The Balaban J connectivity index is 1.94. The first kappa shape index (κ1) is 17.0. The van der Waals surface area contributed by atoms with Crippen LogP contribution in [0.3, 0.4) is 0 Å². The van der Waals surface area contributed by atoms with Crippen molar-refractivity contribution < 1.29 is 9.90 Å². The van der Waals surface area contributed by atoms with Crippen molar-refractivity contribution in [3.8, 4) is 5.75 Å². The molecule has 0 aliphatic heterocycles. The predicted octanol–water partition coefficient (Wildman–Crippen LogP) is 0.651. The highest BCUT2D eigenvalue weighted by Gasteiger charge is 2.18. The van der Waals surface area contributed by atoms with Crippen molar-refractivity contribution in [2.75, 3.05) is 5.75 Å². The summed E-state index contributed by atoms with van der Waals surface area (Å²) in [6, 6.07) is 6.00. The molecule has 0 aliphatic rings. The maximum Gasteiger partial charge on any atom is 0.332 e. The third kappa shape index (κ3) is 2.86. The van der Waals surface area contributed by atoms with Crippen molar-refractivity contribution in [2.45, 2.75) is 5.16 Å². The molecule has 0 atom stereocenters. The van der Waals surface area contributed by atoms with Crippen LogP contribution < -0.4 is 11.2 Å². The van der Waals surface area contributed by atoms with E-state index < -0.39 is 11.2 Å². The number of rotatable bonds is 4. The van der Waals surface area contributed by atoms with Crippen LogP contribution in [-0.4, -0.2) is 35.3 Å². The average Bonchev–Trinajstić information content (AvgIpc) is 2.93. The smallest absolute Gasteiger partial charge is 0.332 e. The number of carbonyl (C=O) groups excluding carboxylic acids is 1. The first-order valence-corrected chi connectivity index (χ1v) is 8.37. The molecule has 3 aromatic rings. The van der Waals surface area contributed by atoms with Gasteiger partial charge in [0.15, 0.2) is 22.1 Å². The fourth-order valence-electron chi connectivity index (χ4n) is 2.49. The number of imidazole rings is 1. The minimum Gasteiger partial charge on any atom is -0.508 e. The van der Waals surface area contributed by atoms with E-state index in [9.17, 15) is 19.5 Å². The summed E-state index contributed by atoms with van der Waals surface area (Å²) in [7, 11) is 4.64. The highest BCUT2D eigenvalue weighted by Crippen LogP contribution is 2.21. The van der Waals surface area contributed by atoms with Gasteiger partial charge in [0.2, 0.25) is 0 Å². The van der Waals surface area contributed by atoms with Crippen molar-refractivity contribution >= 4 is 28.7 Å². The largest absolute Gasteiger partial charge is 0.508 e. The van der Waals surface area contributed by atoms with Gasteiger partial charge in [-0.05, 0) is 24.3 Å². The van der Waals surface area contributed by atoms with Gasteiger partial charge in [-0.1, -0.05) is 11.8 Å².